The van der Waals surface area contributed by atoms with Gasteiger partial charge in [0, 0.05) is 5.02 Å². The van der Waals surface area contributed by atoms with Crippen molar-refractivity contribution in [2.75, 3.05) is 0 Å². The van der Waals surface area contributed by atoms with Gasteiger partial charge in [-0.25, -0.2) is 4.68 Å². The molecule has 0 saturated heterocycles. The van der Waals surface area contributed by atoms with Crippen LogP contribution in [0.1, 0.15) is 5.69 Å². The molecular formula is C13H10ClN3O2. The Hall–Kier alpha value is -2.11. The average molecular weight is 276 g/mol. The monoisotopic (exact) mass is 275 g/mol. The predicted molar refractivity (Wildman–Crippen MR) is 70.0 cm³/mol. The zero-order chi connectivity index (χ0) is 13.2. The predicted octanol–water partition coefficient (Wildman–Crippen LogP) is 2.67. The van der Waals surface area contributed by atoms with E-state index >= 15 is 0 Å². The fourth-order valence-corrected chi connectivity index (χ4v) is 1.97. The number of furan rings is 1. The van der Waals surface area contributed by atoms with Gasteiger partial charge in [0.2, 0.25) is 0 Å². The summed E-state index contributed by atoms with van der Waals surface area (Å²) < 4.78 is 6.98. The molecule has 0 aliphatic heterocycles. The van der Waals surface area contributed by atoms with E-state index in [0.717, 1.165) is 5.69 Å². The number of aliphatic hydroxyl groups is 1. The maximum Gasteiger partial charge on any atom is 0.154 e. The van der Waals surface area contributed by atoms with Crippen LogP contribution in [-0.2, 0) is 6.61 Å². The summed E-state index contributed by atoms with van der Waals surface area (Å²) in [7, 11) is 0. The summed E-state index contributed by atoms with van der Waals surface area (Å²) in [6.07, 6.45) is 1.57. The van der Waals surface area contributed by atoms with Crippen LogP contribution in [0.4, 0.5) is 0 Å². The van der Waals surface area contributed by atoms with Gasteiger partial charge in [0.15, 0.2) is 5.76 Å². The van der Waals surface area contributed by atoms with Crippen molar-refractivity contribution >= 4 is 11.6 Å². The molecule has 1 N–H and O–H groups in total. The van der Waals surface area contributed by atoms with Crippen molar-refractivity contribution in [3.63, 3.8) is 0 Å². The molecule has 0 unspecified atom stereocenters. The average Bonchev–Trinajstić information content (AvgIpc) is 3.07. The van der Waals surface area contributed by atoms with E-state index in [1.165, 1.54) is 0 Å². The number of nitrogens with zero attached hydrogens (tertiary/aromatic N) is 3. The van der Waals surface area contributed by atoms with Crippen LogP contribution in [0.15, 0.2) is 47.1 Å². The van der Waals surface area contributed by atoms with Gasteiger partial charge in [-0.3, -0.25) is 0 Å². The van der Waals surface area contributed by atoms with Gasteiger partial charge >= 0.3 is 0 Å². The largest absolute Gasteiger partial charge is 0.463 e. The van der Waals surface area contributed by atoms with Crippen molar-refractivity contribution in [3.8, 4) is 17.1 Å². The Morgan fingerprint density at radius 1 is 1.21 bits per heavy atom. The molecule has 19 heavy (non-hydrogen) atoms. The van der Waals surface area contributed by atoms with Gasteiger partial charge < -0.3 is 9.52 Å². The van der Waals surface area contributed by atoms with Gasteiger partial charge in [0.1, 0.15) is 11.4 Å². The van der Waals surface area contributed by atoms with Crippen LogP contribution < -0.4 is 0 Å². The summed E-state index contributed by atoms with van der Waals surface area (Å²) in [5.74, 6) is 0.601. The van der Waals surface area contributed by atoms with Crippen LogP contribution >= 0.6 is 11.6 Å². The summed E-state index contributed by atoms with van der Waals surface area (Å²) >= 11 is 5.87. The standard InChI is InChI=1S/C13H10ClN3O2/c14-9-3-5-10(6-4-9)17-13(11(8-18)15-16-17)12-2-1-7-19-12/h1-7,18H,8H2. The molecule has 0 spiro atoms. The van der Waals surface area contributed by atoms with Crippen molar-refractivity contribution in [2.45, 2.75) is 6.61 Å². The molecule has 0 atom stereocenters. The van der Waals surface area contributed by atoms with E-state index in [1.807, 2.05) is 12.1 Å². The van der Waals surface area contributed by atoms with E-state index in [1.54, 1.807) is 35.2 Å². The van der Waals surface area contributed by atoms with Crippen LogP contribution in [0, 0.1) is 0 Å². The fraction of sp³-hybridized carbons (Fsp3) is 0.0769. The number of hydrogen-bond donors (Lipinski definition) is 1. The van der Waals surface area contributed by atoms with Crippen molar-refractivity contribution in [3.05, 3.63) is 53.4 Å². The molecule has 0 saturated carbocycles. The first-order valence-electron chi connectivity index (χ1n) is 5.65. The first-order chi connectivity index (χ1) is 9.29. The number of rotatable bonds is 3. The second kappa shape index (κ2) is 4.87. The van der Waals surface area contributed by atoms with Gasteiger partial charge in [-0.1, -0.05) is 16.8 Å². The molecule has 0 bridgehead atoms. The van der Waals surface area contributed by atoms with Crippen LogP contribution in [0.25, 0.3) is 17.1 Å². The molecular weight excluding hydrogens is 266 g/mol. The Kier molecular flexibility index (Phi) is 3.06. The van der Waals surface area contributed by atoms with Gasteiger partial charge in [-0.15, -0.1) is 5.10 Å². The zero-order valence-corrected chi connectivity index (χ0v) is 10.6. The van der Waals surface area contributed by atoms with Crippen molar-refractivity contribution in [1.29, 1.82) is 0 Å². The van der Waals surface area contributed by atoms with E-state index in [-0.39, 0.29) is 6.61 Å². The van der Waals surface area contributed by atoms with E-state index in [9.17, 15) is 5.11 Å². The molecule has 2 aromatic heterocycles. The molecule has 2 heterocycles. The number of benzene rings is 1. The molecule has 1 aromatic carbocycles. The summed E-state index contributed by atoms with van der Waals surface area (Å²) in [5.41, 5.74) is 1.89. The Morgan fingerprint density at radius 2 is 2.00 bits per heavy atom. The van der Waals surface area contributed by atoms with Crippen LogP contribution in [-0.4, -0.2) is 20.1 Å². The molecule has 0 aliphatic rings. The topological polar surface area (TPSA) is 64.1 Å². The van der Waals surface area contributed by atoms with Crippen molar-refractivity contribution < 1.29 is 9.52 Å². The van der Waals surface area contributed by atoms with Gasteiger partial charge in [0.05, 0.1) is 18.6 Å². The highest BCUT2D eigenvalue weighted by Gasteiger charge is 2.17. The minimum atomic E-state index is -0.205. The SMILES string of the molecule is OCc1nnn(-c2ccc(Cl)cc2)c1-c1ccco1. The maximum absolute atomic E-state index is 9.34. The lowest BCUT2D eigenvalue weighted by Gasteiger charge is -2.05. The maximum atomic E-state index is 9.34. The van der Waals surface area contributed by atoms with Crippen LogP contribution in [0.3, 0.4) is 0 Å². The second-order valence-corrected chi connectivity index (χ2v) is 4.34. The summed E-state index contributed by atoms with van der Waals surface area (Å²) in [6, 6.07) is 10.8. The minimum absolute atomic E-state index is 0.205. The third-order valence-corrected chi connectivity index (χ3v) is 2.97. The third-order valence-electron chi connectivity index (χ3n) is 2.72. The smallest absolute Gasteiger partial charge is 0.154 e. The first kappa shape index (κ1) is 12.0. The van der Waals surface area contributed by atoms with E-state index in [0.29, 0.717) is 22.2 Å². The normalized spacial score (nSPS) is 10.8. The van der Waals surface area contributed by atoms with Gasteiger partial charge in [-0.2, -0.15) is 0 Å². The van der Waals surface area contributed by atoms with E-state index < -0.39 is 0 Å². The highest BCUT2D eigenvalue weighted by molar-refractivity contribution is 6.30. The number of aromatic nitrogens is 3. The molecule has 0 aliphatic carbocycles. The molecule has 0 amide bonds. The number of aliphatic hydroxyl groups excluding tert-OH is 1. The summed E-state index contributed by atoms with van der Waals surface area (Å²) in [4.78, 5) is 0. The lowest BCUT2D eigenvalue weighted by atomic mass is 10.2. The number of halogens is 1. The Balaban J connectivity index is 2.17. The summed E-state index contributed by atoms with van der Waals surface area (Å²) in [6.45, 7) is -0.205. The molecule has 96 valence electrons. The molecule has 3 aromatic rings. The first-order valence-corrected chi connectivity index (χ1v) is 6.02. The third kappa shape index (κ3) is 2.14. The number of hydrogen-bond acceptors (Lipinski definition) is 4. The molecule has 0 radical (unpaired) electrons. The second-order valence-electron chi connectivity index (χ2n) is 3.91. The highest BCUT2D eigenvalue weighted by atomic mass is 35.5. The minimum Gasteiger partial charge on any atom is -0.463 e. The summed E-state index contributed by atoms with van der Waals surface area (Å²) in [5, 5.41) is 18.0. The Labute approximate surface area is 114 Å². The fourth-order valence-electron chi connectivity index (χ4n) is 1.84. The highest BCUT2D eigenvalue weighted by Crippen LogP contribution is 2.26. The quantitative estimate of drug-likeness (QED) is 0.798. The molecule has 3 rings (SSSR count). The Morgan fingerprint density at radius 3 is 2.63 bits per heavy atom. The van der Waals surface area contributed by atoms with Crippen molar-refractivity contribution in [1.82, 2.24) is 15.0 Å². The lowest BCUT2D eigenvalue weighted by molar-refractivity contribution is 0.277. The molecule has 5 nitrogen and oxygen atoms in total. The van der Waals surface area contributed by atoms with Gasteiger partial charge in [0.25, 0.3) is 0 Å². The molecule has 0 fully saturated rings. The van der Waals surface area contributed by atoms with Crippen LogP contribution in [0.5, 0.6) is 0 Å². The molecule has 6 heteroatoms. The van der Waals surface area contributed by atoms with E-state index in [4.69, 9.17) is 16.0 Å². The van der Waals surface area contributed by atoms with Crippen LogP contribution in [0.2, 0.25) is 5.02 Å². The lowest BCUT2D eigenvalue weighted by Crippen LogP contribution is -1.99. The Bertz CT molecular complexity index is 674. The van der Waals surface area contributed by atoms with Gasteiger partial charge in [-0.05, 0) is 36.4 Å². The zero-order valence-electron chi connectivity index (χ0n) is 9.82. The van der Waals surface area contributed by atoms with E-state index in [2.05, 4.69) is 10.3 Å². The van der Waals surface area contributed by atoms with Crippen molar-refractivity contribution in [2.24, 2.45) is 0 Å².